The first-order chi connectivity index (χ1) is 12.6. The Morgan fingerprint density at radius 3 is 2.44 bits per heavy atom. The number of hydrogen-bond acceptors (Lipinski definition) is 4. The lowest BCUT2D eigenvalue weighted by Crippen LogP contribution is -2.57. The fourth-order valence-electron chi connectivity index (χ4n) is 4.09. The van der Waals surface area contributed by atoms with Crippen molar-refractivity contribution in [3.05, 3.63) is 27.2 Å². The zero-order valence-electron chi connectivity index (χ0n) is 14.9. The van der Waals surface area contributed by atoms with Gasteiger partial charge in [-0.2, -0.15) is 13.2 Å². The second-order valence-electron chi connectivity index (χ2n) is 7.93. The summed E-state index contributed by atoms with van der Waals surface area (Å²) < 4.78 is 42.4. The molecule has 27 heavy (non-hydrogen) atoms. The number of imidazole rings is 1. The minimum atomic E-state index is -4.70. The number of aryl methyl sites for hydroxylation is 1. The molecule has 2 aliphatic carbocycles. The van der Waals surface area contributed by atoms with Gasteiger partial charge >= 0.3 is 11.9 Å². The van der Waals surface area contributed by atoms with Crippen LogP contribution < -0.4 is 11.2 Å². The fourth-order valence-corrected chi connectivity index (χ4v) is 4.09. The monoisotopic (exact) mass is 386 g/mol. The quantitative estimate of drug-likeness (QED) is 0.861. The topological polar surface area (TPSA) is 82.0 Å². The minimum Gasteiger partial charge on any atom is -0.380 e. The van der Waals surface area contributed by atoms with E-state index < -0.39 is 41.8 Å². The predicted octanol–water partition coefficient (Wildman–Crippen LogP) is 1.40. The summed E-state index contributed by atoms with van der Waals surface area (Å²) in [4.78, 5) is 29.6. The van der Waals surface area contributed by atoms with Gasteiger partial charge in [-0.15, -0.1) is 0 Å². The zero-order chi connectivity index (χ0) is 19.6. The van der Waals surface area contributed by atoms with Gasteiger partial charge in [-0.25, -0.2) is 9.78 Å². The molecular weight excluding hydrogens is 365 g/mol. The third-order valence-electron chi connectivity index (χ3n) is 6.00. The van der Waals surface area contributed by atoms with Crippen LogP contribution in [0.4, 0.5) is 13.2 Å². The molecule has 4 rings (SSSR count). The zero-order valence-corrected chi connectivity index (χ0v) is 14.9. The Morgan fingerprint density at radius 2 is 1.89 bits per heavy atom. The van der Waals surface area contributed by atoms with Gasteiger partial charge in [0.2, 0.25) is 0 Å². The van der Waals surface area contributed by atoms with Crippen LogP contribution in [0, 0.1) is 11.8 Å². The maximum atomic E-state index is 12.9. The van der Waals surface area contributed by atoms with Crippen LogP contribution in [0.5, 0.6) is 0 Å². The van der Waals surface area contributed by atoms with Crippen molar-refractivity contribution in [1.29, 1.82) is 0 Å². The smallest absolute Gasteiger partial charge is 0.380 e. The number of aliphatic hydroxyl groups is 1. The van der Waals surface area contributed by atoms with E-state index in [9.17, 15) is 27.9 Å². The van der Waals surface area contributed by atoms with Crippen LogP contribution in [0.15, 0.2) is 15.9 Å². The van der Waals surface area contributed by atoms with Crippen LogP contribution in [0.2, 0.25) is 0 Å². The van der Waals surface area contributed by atoms with Crippen LogP contribution in [-0.4, -0.2) is 35.6 Å². The van der Waals surface area contributed by atoms with E-state index in [0.29, 0.717) is 18.0 Å². The van der Waals surface area contributed by atoms with Crippen LogP contribution >= 0.6 is 0 Å². The Bertz CT molecular complexity index is 994. The third-order valence-corrected chi connectivity index (χ3v) is 6.00. The van der Waals surface area contributed by atoms with E-state index in [-0.39, 0.29) is 12.2 Å². The average Bonchev–Trinajstić information content (AvgIpc) is 2.93. The molecule has 0 atom stereocenters. The van der Waals surface area contributed by atoms with Gasteiger partial charge in [0.25, 0.3) is 5.56 Å². The number of halogens is 3. The van der Waals surface area contributed by atoms with Gasteiger partial charge < -0.3 is 9.67 Å². The summed E-state index contributed by atoms with van der Waals surface area (Å²) >= 11 is 0. The highest BCUT2D eigenvalue weighted by Gasteiger charge is 2.61. The molecule has 2 aromatic heterocycles. The Morgan fingerprint density at radius 1 is 1.22 bits per heavy atom. The SMILES string of the molecule is Cn1c(=O)n(CC2CC(O)(C(F)(F)F)C2)c(=O)c2c1ncn2CC1CCC1. The van der Waals surface area contributed by atoms with E-state index >= 15 is 0 Å². The van der Waals surface area contributed by atoms with E-state index in [1.54, 1.807) is 10.9 Å². The van der Waals surface area contributed by atoms with Crippen molar-refractivity contribution in [3.63, 3.8) is 0 Å². The summed E-state index contributed by atoms with van der Waals surface area (Å²) in [7, 11) is 1.49. The standard InChI is InChI=1S/C17H21F3N4O3/c1-22-13-12(23(9-21-13)7-10-3-2-4-10)14(25)24(15(22)26)8-11-5-16(27,6-11)17(18,19)20/h9-11,27H,2-8H2,1H3. The number of aromatic nitrogens is 4. The van der Waals surface area contributed by atoms with Crippen LogP contribution in [-0.2, 0) is 20.1 Å². The Balaban J connectivity index is 1.66. The second-order valence-corrected chi connectivity index (χ2v) is 7.93. The molecule has 0 bridgehead atoms. The number of alkyl halides is 3. The molecule has 2 aliphatic rings. The molecule has 0 aromatic carbocycles. The molecule has 0 spiro atoms. The van der Waals surface area contributed by atoms with Crippen molar-refractivity contribution in [2.45, 2.75) is 57.0 Å². The average molecular weight is 386 g/mol. The van der Waals surface area contributed by atoms with Crippen molar-refractivity contribution in [2.75, 3.05) is 0 Å². The summed E-state index contributed by atoms with van der Waals surface area (Å²) in [5.74, 6) is -0.108. The van der Waals surface area contributed by atoms with Gasteiger partial charge in [0.05, 0.1) is 6.33 Å². The van der Waals surface area contributed by atoms with E-state index in [0.717, 1.165) is 23.8 Å². The summed E-state index contributed by atoms with van der Waals surface area (Å²) in [6, 6.07) is 0. The van der Waals surface area contributed by atoms with Crippen LogP contribution in [0.25, 0.3) is 11.2 Å². The third kappa shape index (κ3) is 2.81. The number of fused-ring (bicyclic) bond motifs is 1. The molecule has 0 unspecified atom stereocenters. The molecule has 2 saturated carbocycles. The fraction of sp³-hybridized carbons (Fsp3) is 0.706. The van der Waals surface area contributed by atoms with Crippen molar-refractivity contribution >= 4 is 11.2 Å². The highest BCUT2D eigenvalue weighted by Crippen LogP contribution is 2.48. The molecule has 2 aromatic rings. The van der Waals surface area contributed by atoms with Gasteiger partial charge in [0.15, 0.2) is 16.8 Å². The summed E-state index contributed by atoms with van der Waals surface area (Å²) in [6.07, 6.45) is -0.860. The molecule has 0 radical (unpaired) electrons. The van der Waals surface area contributed by atoms with Crippen molar-refractivity contribution in [3.8, 4) is 0 Å². The molecular formula is C17H21F3N4O3. The molecule has 1 N–H and O–H groups in total. The summed E-state index contributed by atoms with van der Waals surface area (Å²) in [5, 5.41) is 9.59. The van der Waals surface area contributed by atoms with Gasteiger partial charge in [0, 0.05) is 20.1 Å². The molecule has 148 valence electrons. The maximum Gasteiger partial charge on any atom is 0.417 e. The van der Waals surface area contributed by atoms with Gasteiger partial charge in [-0.3, -0.25) is 13.9 Å². The Hall–Kier alpha value is -2.10. The highest BCUT2D eigenvalue weighted by atomic mass is 19.4. The van der Waals surface area contributed by atoms with Crippen molar-refractivity contribution in [2.24, 2.45) is 18.9 Å². The van der Waals surface area contributed by atoms with Gasteiger partial charge in [0.1, 0.15) is 0 Å². The van der Waals surface area contributed by atoms with E-state index in [2.05, 4.69) is 4.98 Å². The lowest BCUT2D eigenvalue weighted by Gasteiger charge is -2.44. The normalized spacial score (nSPS) is 26.2. The molecule has 0 aliphatic heterocycles. The molecule has 7 nitrogen and oxygen atoms in total. The second kappa shape index (κ2) is 5.95. The Kier molecular flexibility index (Phi) is 4.03. The van der Waals surface area contributed by atoms with Gasteiger partial charge in [-0.1, -0.05) is 6.42 Å². The predicted molar refractivity (Wildman–Crippen MR) is 90.3 cm³/mol. The first kappa shape index (κ1) is 18.3. The van der Waals surface area contributed by atoms with E-state index in [1.165, 1.54) is 11.6 Å². The number of hydrogen-bond donors (Lipinski definition) is 1. The molecule has 2 heterocycles. The summed E-state index contributed by atoms with van der Waals surface area (Å²) in [5.41, 5.74) is -3.28. The molecule has 10 heteroatoms. The molecule has 2 fully saturated rings. The van der Waals surface area contributed by atoms with E-state index in [4.69, 9.17) is 0 Å². The number of nitrogens with zero attached hydrogens (tertiary/aromatic N) is 4. The van der Waals surface area contributed by atoms with Gasteiger partial charge in [-0.05, 0) is 37.5 Å². The maximum absolute atomic E-state index is 12.9. The lowest BCUT2D eigenvalue weighted by molar-refractivity contribution is -0.299. The first-order valence-corrected chi connectivity index (χ1v) is 9.04. The highest BCUT2D eigenvalue weighted by molar-refractivity contribution is 5.69. The number of rotatable bonds is 4. The van der Waals surface area contributed by atoms with E-state index in [1.807, 2.05) is 0 Å². The molecule has 0 saturated heterocycles. The summed E-state index contributed by atoms with van der Waals surface area (Å²) in [6.45, 7) is 0.496. The molecule has 0 amide bonds. The lowest BCUT2D eigenvalue weighted by atomic mass is 9.70. The van der Waals surface area contributed by atoms with Crippen molar-refractivity contribution in [1.82, 2.24) is 18.7 Å². The van der Waals surface area contributed by atoms with Crippen LogP contribution in [0.1, 0.15) is 32.1 Å². The minimum absolute atomic E-state index is 0.144. The Labute approximate surface area is 152 Å². The first-order valence-electron chi connectivity index (χ1n) is 9.04. The largest absolute Gasteiger partial charge is 0.417 e. The van der Waals surface area contributed by atoms with Crippen molar-refractivity contribution < 1.29 is 18.3 Å². The van der Waals surface area contributed by atoms with Crippen LogP contribution in [0.3, 0.4) is 0 Å².